The van der Waals surface area contributed by atoms with Crippen molar-refractivity contribution in [2.75, 3.05) is 5.75 Å². The highest BCUT2D eigenvalue weighted by atomic mass is 32.2. The van der Waals surface area contributed by atoms with Crippen molar-refractivity contribution in [3.05, 3.63) is 11.8 Å². The smallest absolute Gasteiger partial charge is 0.0951 e. The Hall–Kier alpha value is -1.10. The number of aliphatic hydroxyl groups is 2. The summed E-state index contributed by atoms with van der Waals surface area (Å²) in [6.45, 7) is 6.66. The summed E-state index contributed by atoms with van der Waals surface area (Å²) in [4.78, 5) is 0. The molecule has 0 spiro atoms. The molecule has 1 aliphatic heterocycles. The van der Waals surface area contributed by atoms with Crippen LogP contribution < -0.4 is 0 Å². The van der Waals surface area contributed by atoms with Crippen molar-refractivity contribution < 1.29 is 10.2 Å². The van der Waals surface area contributed by atoms with E-state index < -0.39 is 6.10 Å². The predicted octanol–water partition coefficient (Wildman–Crippen LogP) is 5.21. The van der Waals surface area contributed by atoms with E-state index >= 15 is 0 Å². The van der Waals surface area contributed by atoms with Crippen LogP contribution in [-0.2, 0) is 0 Å². The average molecular weight is 364 g/mol. The minimum absolute atomic E-state index is 0.147. The number of nitriles is 1. The number of allylic oxidation sites excluding steroid dienone is 1. The molecule has 0 amide bonds. The Morgan fingerprint density at radius 1 is 1.28 bits per heavy atom. The van der Waals surface area contributed by atoms with E-state index in [9.17, 15) is 10.2 Å². The average Bonchev–Trinajstić information content (AvgIpc) is 2.95. The van der Waals surface area contributed by atoms with Crippen molar-refractivity contribution in [1.82, 2.24) is 0 Å². The summed E-state index contributed by atoms with van der Waals surface area (Å²) < 4.78 is 0. The molecule has 1 saturated heterocycles. The van der Waals surface area contributed by atoms with E-state index in [1.54, 1.807) is 11.8 Å². The summed E-state index contributed by atoms with van der Waals surface area (Å²) in [5.41, 5.74) is 0.177. The Morgan fingerprint density at radius 2 is 2.04 bits per heavy atom. The van der Waals surface area contributed by atoms with Crippen molar-refractivity contribution >= 4 is 11.8 Å². The standard InChI is InChI=1S/C21H33NO2S/c1-4-5-13-21(2,3)14-12-17(23)20-18(24)16-25-19(20)11-9-7-6-8-10-15-22/h12,18-20,23-24H,4-6,8,10-11,13-14,16H2,1-3H3/b17-12+/t18-,19-,20-/m1/s1. The highest BCUT2D eigenvalue weighted by Crippen LogP contribution is 2.39. The minimum Gasteiger partial charge on any atom is -0.512 e. The van der Waals surface area contributed by atoms with E-state index in [1.807, 2.05) is 6.08 Å². The monoisotopic (exact) mass is 363 g/mol. The Bertz CT molecular complexity index is 524. The van der Waals surface area contributed by atoms with Crippen LogP contribution in [0.2, 0.25) is 0 Å². The molecule has 0 aromatic heterocycles. The zero-order valence-electron chi connectivity index (χ0n) is 15.9. The summed E-state index contributed by atoms with van der Waals surface area (Å²) >= 11 is 1.70. The first-order chi connectivity index (χ1) is 11.9. The van der Waals surface area contributed by atoms with Crippen LogP contribution in [-0.4, -0.2) is 27.3 Å². The van der Waals surface area contributed by atoms with Gasteiger partial charge in [0.25, 0.3) is 0 Å². The van der Waals surface area contributed by atoms with Gasteiger partial charge in [0.15, 0.2) is 0 Å². The lowest BCUT2D eigenvalue weighted by Gasteiger charge is -2.24. The van der Waals surface area contributed by atoms with E-state index in [0.717, 1.165) is 25.7 Å². The van der Waals surface area contributed by atoms with Crippen LogP contribution in [0.25, 0.3) is 0 Å². The van der Waals surface area contributed by atoms with Gasteiger partial charge in [-0.1, -0.05) is 33.6 Å². The van der Waals surface area contributed by atoms with Crippen LogP contribution in [0.3, 0.4) is 0 Å². The minimum atomic E-state index is -0.495. The van der Waals surface area contributed by atoms with Crippen molar-refractivity contribution in [1.29, 1.82) is 5.26 Å². The van der Waals surface area contributed by atoms with E-state index in [-0.39, 0.29) is 16.6 Å². The van der Waals surface area contributed by atoms with E-state index in [1.165, 1.54) is 12.8 Å². The number of hydrogen-bond donors (Lipinski definition) is 2. The molecule has 3 atom stereocenters. The Kier molecular flexibility index (Phi) is 10.1. The molecule has 0 aromatic carbocycles. The Morgan fingerprint density at radius 3 is 2.72 bits per heavy atom. The zero-order chi connectivity index (χ0) is 18.7. The summed E-state index contributed by atoms with van der Waals surface area (Å²) in [6, 6.07) is 2.12. The summed E-state index contributed by atoms with van der Waals surface area (Å²) in [7, 11) is 0. The van der Waals surface area contributed by atoms with Gasteiger partial charge in [0.1, 0.15) is 0 Å². The molecule has 1 heterocycles. The van der Waals surface area contributed by atoms with Gasteiger partial charge < -0.3 is 10.2 Å². The highest BCUT2D eigenvalue weighted by Gasteiger charge is 2.38. The first kappa shape index (κ1) is 21.9. The molecular weight excluding hydrogens is 330 g/mol. The number of aliphatic hydroxyl groups excluding tert-OH is 2. The fourth-order valence-corrected chi connectivity index (χ4v) is 4.42. The molecule has 1 fully saturated rings. The first-order valence-corrected chi connectivity index (χ1v) is 10.5. The van der Waals surface area contributed by atoms with E-state index in [4.69, 9.17) is 5.26 Å². The van der Waals surface area contributed by atoms with Crippen LogP contribution >= 0.6 is 11.8 Å². The molecule has 1 rings (SSSR count). The third-order valence-electron chi connectivity index (χ3n) is 4.73. The lowest BCUT2D eigenvalue weighted by atomic mass is 9.83. The molecule has 25 heavy (non-hydrogen) atoms. The third-order valence-corrected chi connectivity index (χ3v) is 6.15. The molecule has 4 heteroatoms. The SMILES string of the molecule is CCCCC(C)(C)C/C=C(/O)[C@@H]1[C@H](O)CS[C@@H]1CC#CCCCC#N. The predicted molar refractivity (Wildman–Crippen MR) is 106 cm³/mol. The maximum atomic E-state index is 10.6. The van der Waals surface area contributed by atoms with Crippen LogP contribution in [0.15, 0.2) is 11.8 Å². The molecule has 2 N–H and O–H groups in total. The fraction of sp³-hybridized carbons (Fsp3) is 0.762. The Labute approximate surface area is 157 Å². The van der Waals surface area contributed by atoms with Crippen molar-refractivity contribution in [2.45, 2.75) is 83.5 Å². The maximum Gasteiger partial charge on any atom is 0.0951 e. The second kappa shape index (κ2) is 11.5. The second-order valence-corrected chi connectivity index (χ2v) is 8.91. The largest absolute Gasteiger partial charge is 0.512 e. The van der Waals surface area contributed by atoms with Gasteiger partial charge in [-0.2, -0.15) is 17.0 Å². The molecular formula is C21H33NO2S. The van der Waals surface area contributed by atoms with Gasteiger partial charge in [-0.25, -0.2) is 0 Å². The maximum absolute atomic E-state index is 10.6. The van der Waals surface area contributed by atoms with Crippen molar-refractivity contribution in [3.8, 4) is 17.9 Å². The zero-order valence-corrected chi connectivity index (χ0v) is 16.7. The summed E-state index contributed by atoms with van der Waals surface area (Å²) in [6.07, 6.45) is 8.57. The second-order valence-electron chi connectivity index (χ2n) is 7.64. The normalized spacial score (nSPS) is 23.8. The van der Waals surface area contributed by atoms with Crippen molar-refractivity contribution in [3.63, 3.8) is 0 Å². The van der Waals surface area contributed by atoms with E-state index in [2.05, 4.69) is 38.7 Å². The quantitative estimate of drug-likeness (QED) is 0.335. The topological polar surface area (TPSA) is 64.2 Å². The first-order valence-electron chi connectivity index (χ1n) is 9.42. The lowest BCUT2D eigenvalue weighted by Crippen LogP contribution is -2.25. The van der Waals surface area contributed by atoms with Gasteiger partial charge in [0.2, 0.25) is 0 Å². The third kappa shape index (κ3) is 8.21. The summed E-state index contributed by atoms with van der Waals surface area (Å²) in [5, 5.41) is 29.5. The fourth-order valence-electron chi connectivity index (χ4n) is 3.04. The molecule has 3 nitrogen and oxygen atoms in total. The van der Waals surface area contributed by atoms with Gasteiger partial charge in [0.05, 0.1) is 23.9 Å². The molecule has 0 aromatic rings. The molecule has 1 aliphatic rings. The van der Waals surface area contributed by atoms with Crippen LogP contribution in [0, 0.1) is 34.5 Å². The van der Waals surface area contributed by atoms with Gasteiger partial charge in [-0.3, -0.25) is 0 Å². The van der Waals surface area contributed by atoms with Crippen LogP contribution in [0.5, 0.6) is 0 Å². The van der Waals surface area contributed by atoms with Crippen molar-refractivity contribution in [2.24, 2.45) is 11.3 Å². The highest BCUT2D eigenvalue weighted by molar-refractivity contribution is 8.00. The van der Waals surface area contributed by atoms with Gasteiger partial charge in [-0.05, 0) is 30.8 Å². The van der Waals surface area contributed by atoms with Crippen LogP contribution in [0.1, 0.15) is 72.1 Å². The molecule has 0 bridgehead atoms. The van der Waals surface area contributed by atoms with Gasteiger partial charge >= 0.3 is 0 Å². The lowest BCUT2D eigenvalue weighted by molar-refractivity contribution is 0.128. The molecule has 140 valence electrons. The van der Waals surface area contributed by atoms with Gasteiger partial charge in [0, 0.05) is 30.3 Å². The van der Waals surface area contributed by atoms with Crippen LogP contribution in [0.4, 0.5) is 0 Å². The number of thioether (sulfide) groups is 1. The number of hydrogen-bond acceptors (Lipinski definition) is 4. The number of rotatable bonds is 9. The Balaban J connectivity index is 2.59. The van der Waals surface area contributed by atoms with Gasteiger partial charge in [-0.15, -0.1) is 11.8 Å². The number of unbranched alkanes of at least 4 members (excludes halogenated alkanes) is 3. The molecule has 0 radical (unpaired) electrons. The molecule has 0 saturated carbocycles. The van der Waals surface area contributed by atoms with E-state index in [0.29, 0.717) is 24.4 Å². The summed E-state index contributed by atoms with van der Waals surface area (Å²) in [5.74, 6) is 7.05. The molecule has 0 aliphatic carbocycles. The number of nitrogens with zero attached hydrogens (tertiary/aromatic N) is 1. The molecule has 0 unspecified atom stereocenters.